The quantitative estimate of drug-likeness (QED) is 0.284. The number of carbonyl (C=O) groups is 1. The van der Waals surface area contributed by atoms with Crippen molar-refractivity contribution in [2.24, 2.45) is 10.1 Å². The summed E-state index contributed by atoms with van der Waals surface area (Å²) in [4.78, 5) is 17.8. The Labute approximate surface area is 189 Å². The number of aliphatic imine (C=N–C) groups is 1. The van der Waals surface area contributed by atoms with Gasteiger partial charge in [-0.3, -0.25) is 4.99 Å². The molecule has 164 valence electrons. The Morgan fingerprint density at radius 3 is 2.41 bits per heavy atom. The second kappa shape index (κ2) is 12.2. The molecule has 0 atom stereocenters. The highest BCUT2D eigenvalue weighted by molar-refractivity contribution is 14.0. The summed E-state index contributed by atoms with van der Waals surface area (Å²) in [5, 5.41) is 11.7. The van der Waals surface area contributed by atoms with E-state index in [1.807, 2.05) is 0 Å². The Kier molecular flexibility index (Phi) is 10.7. The van der Waals surface area contributed by atoms with Crippen LogP contribution in [0.4, 0.5) is 4.79 Å². The maximum Gasteiger partial charge on any atom is 0.409 e. The molecular weight excluding hydrogens is 509 g/mol. The summed E-state index contributed by atoms with van der Waals surface area (Å²) in [6.45, 7) is 4.15. The zero-order valence-corrected chi connectivity index (χ0v) is 19.9. The Hall–Kier alpha value is -1.60. The minimum atomic E-state index is -3.66. The molecule has 1 heterocycles. The van der Waals surface area contributed by atoms with Gasteiger partial charge in [0, 0.05) is 32.7 Å². The standard InChI is InChI=1S/C18H29N5O4S.HI/c1-3-27-18(24)23-12-9-15(10-13-23)22-17(20-2)21-11-8-14-4-6-16(7-5-14)28(19,25)26;/h4-7,15H,3,8-13H2,1-2H3,(H2,19,25,26)(H2,20,21,22);1H. The van der Waals surface area contributed by atoms with Gasteiger partial charge in [-0.2, -0.15) is 0 Å². The summed E-state index contributed by atoms with van der Waals surface area (Å²) in [6, 6.07) is 6.76. The number of nitrogens with one attached hydrogen (secondary N) is 2. The van der Waals surface area contributed by atoms with E-state index in [1.54, 1.807) is 31.0 Å². The number of carbonyl (C=O) groups excluding carboxylic acids is 1. The molecule has 1 aliphatic rings. The maximum atomic E-state index is 11.7. The zero-order chi connectivity index (χ0) is 20.6. The topological polar surface area (TPSA) is 126 Å². The number of hydrogen-bond donors (Lipinski definition) is 3. The zero-order valence-electron chi connectivity index (χ0n) is 16.8. The summed E-state index contributed by atoms with van der Waals surface area (Å²) in [5.74, 6) is 0.704. The van der Waals surface area contributed by atoms with Crippen molar-refractivity contribution in [1.29, 1.82) is 0 Å². The van der Waals surface area contributed by atoms with Crippen LogP contribution < -0.4 is 15.8 Å². The van der Waals surface area contributed by atoms with Gasteiger partial charge in [-0.05, 0) is 43.9 Å². The number of primary sulfonamides is 1. The van der Waals surface area contributed by atoms with Gasteiger partial charge in [-0.25, -0.2) is 18.4 Å². The van der Waals surface area contributed by atoms with Crippen molar-refractivity contribution in [3.63, 3.8) is 0 Å². The molecule has 0 saturated carbocycles. The van der Waals surface area contributed by atoms with E-state index in [1.165, 1.54) is 12.1 Å². The number of ether oxygens (including phenoxy) is 1. The smallest absolute Gasteiger partial charge is 0.409 e. The van der Waals surface area contributed by atoms with E-state index in [4.69, 9.17) is 9.88 Å². The van der Waals surface area contributed by atoms with Gasteiger partial charge in [-0.15, -0.1) is 24.0 Å². The Morgan fingerprint density at radius 1 is 1.28 bits per heavy atom. The number of hydrogen-bond acceptors (Lipinski definition) is 5. The fourth-order valence-corrected chi connectivity index (χ4v) is 3.50. The molecule has 0 aromatic heterocycles. The number of sulfonamides is 1. The number of nitrogens with zero attached hydrogens (tertiary/aromatic N) is 2. The van der Waals surface area contributed by atoms with Crippen LogP contribution in [0.5, 0.6) is 0 Å². The Morgan fingerprint density at radius 2 is 1.90 bits per heavy atom. The number of benzene rings is 1. The normalized spacial score (nSPS) is 15.4. The van der Waals surface area contributed by atoms with Gasteiger partial charge in [0.25, 0.3) is 0 Å². The first-order chi connectivity index (χ1) is 13.3. The number of amides is 1. The van der Waals surface area contributed by atoms with Crippen molar-refractivity contribution in [2.45, 2.75) is 37.1 Å². The van der Waals surface area contributed by atoms with Crippen LogP contribution in [0.15, 0.2) is 34.2 Å². The van der Waals surface area contributed by atoms with Gasteiger partial charge in [-0.1, -0.05) is 12.1 Å². The molecule has 1 saturated heterocycles. The summed E-state index contributed by atoms with van der Waals surface area (Å²) in [5.41, 5.74) is 0.998. The van der Waals surface area contributed by atoms with Crippen LogP contribution >= 0.6 is 24.0 Å². The molecule has 4 N–H and O–H groups in total. The molecule has 1 aromatic carbocycles. The molecule has 0 radical (unpaired) electrons. The largest absolute Gasteiger partial charge is 0.450 e. The van der Waals surface area contributed by atoms with E-state index in [0.717, 1.165) is 18.4 Å². The lowest BCUT2D eigenvalue weighted by atomic mass is 10.1. The number of nitrogens with two attached hydrogens (primary N) is 1. The molecule has 9 nitrogen and oxygen atoms in total. The molecular formula is C18H30IN5O4S. The van der Waals surface area contributed by atoms with Gasteiger partial charge in [0.15, 0.2) is 5.96 Å². The van der Waals surface area contributed by atoms with Crippen LogP contribution in [0, 0.1) is 0 Å². The summed E-state index contributed by atoms with van der Waals surface area (Å²) < 4.78 is 27.6. The van der Waals surface area contributed by atoms with Gasteiger partial charge in [0.1, 0.15) is 0 Å². The highest BCUT2D eigenvalue weighted by atomic mass is 127. The van der Waals surface area contributed by atoms with Crippen molar-refractivity contribution in [2.75, 3.05) is 33.3 Å². The number of guanidine groups is 1. The number of rotatable bonds is 6. The first-order valence-electron chi connectivity index (χ1n) is 9.34. The van der Waals surface area contributed by atoms with Crippen LogP contribution in [0.1, 0.15) is 25.3 Å². The molecule has 0 spiro atoms. The summed E-state index contributed by atoms with van der Waals surface area (Å²) >= 11 is 0. The minimum absolute atomic E-state index is 0. The SMILES string of the molecule is CCOC(=O)N1CCC(NC(=NC)NCCc2ccc(S(N)(=O)=O)cc2)CC1.I. The fourth-order valence-electron chi connectivity index (χ4n) is 2.98. The third-order valence-electron chi connectivity index (χ3n) is 4.54. The third kappa shape index (κ3) is 8.34. The number of piperidine rings is 1. The lowest BCUT2D eigenvalue weighted by Gasteiger charge is -2.32. The molecule has 1 aliphatic heterocycles. The lowest BCUT2D eigenvalue weighted by molar-refractivity contribution is 0.0963. The molecule has 1 aromatic rings. The predicted molar refractivity (Wildman–Crippen MR) is 123 cm³/mol. The predicted octanol–water partition coefficient (Wildman–Crippen LogP) is 1.28. The first kappa shape index (κ1) is 25.4. The number of halogens is 1. The van der Waals surface area contributed by atoms with E-state index in [2.05, 4.69) is 15.6 Å². The van der Waals surface area contributed by atoms with E-state index in [-0.39, 0.29) is 41.0 Å². The van der Waals surface area contributed by atoms with Crippen LogP contribution in [0.3, 0.4) is 0 Å². The average Bonchev–Trinajstić information content (AvgIpc) is 2.67. The molecule has 0 unspecified atom stereocenters. The monoisotopic (exact) mass is 539 g/mol. The summed E-state index contributed by atoms with van der Waals surface area (Å²) in [7, 11) is -1.95. The van der Waals surface area contributed by atoms with Gasteiger partial charge < -0.3 is 20.3 Å². The van der Waals surface area contributed by atoms with Crippen LogP contribution in [-0.2, 0) is 21.2 Å². The lowest BCUT2D eigenvalue weighted by Crippen LogP contribution is -2.50. The van der Waals surface area contributed by atoms with Crippen molar-refractivity contribution in [3.05, 3.63) is 29.8 Å². The number of likely N-dealkylation sites (tertiary alicyclic amines) is 1. The first-order valence-corrected chi connectivity index (χ1v) is 10.9. The summed E-state index contributed by atoms with van der Waals surface area (Å²) in [6.07, 6.45) is 2.12. The minimum Gasteiger partial charge on any atom is -0.450 e. The maximum absolute atomic E-state index is 11.7. The van der Waals surface area contributed by atoms with E-state index >= 15 is 0 Å². The van der Waals surface area contributed by atoms with Gasteiger partial charge in [0.2, 0.25) is 10.0 Å². The van der Waals surface area contributed by atoms with Crippen molar-refractivity contribution in [3.8, 4) is 0 Å². The van der Waals surface area contributed by atoms with Crippen molar-refractivity contribution >= 4 is 46.1 Å². The second-order valence-corrected chi connectivity index (χ2v) is 8.10. The molecule has 0 bridgehead atoms. The Bertz CT molecular complexity index is 778. The molecule has 1 fully saturated rings. The van der Waals surface area contributed by atoms with Gasteiger partial charge in [0.05, 0.1) is 11.5 Å². The van der Waals surface area contributed by atoms with Crippen molar-refractivity contribution in [1.82, 2.24) is 15.5 Å². The molecule has 1 amide bonds. The Balaban J connectivity index is 0.00000420. The van der Waals surface area contributed by atoms with E-state index in [0.29, 0.717) is 38.6 Å². The molecule has 29 heavy (non-hydrogen) atoms. The van der Waals surface area contributed by atoms with Gasteiger partial charge >= 0.3 is 6.09 Å². The highest BCUT2D eigenvalue weighted by Crippen LogP contribution is 2.12. The average molecular weight is 539 g/mol. The van der Waals surface area contributed by atoms with Crippen LogP contribution in [0.2, 0.25) is 0 Å². The molecule has 11 heteroatoms. The van der Waals surface area contributed by atoms with Crippen molar-refractivity contribution < 1.29 is 17.9 Å². The fraction of sp³-hybridized carbons (Fsp3) is 0.556. The third-order valence-corrected chi connectivity index (χ3v) is 5.47. The highest BCUT2D eigenvalue weighted by Gasteiger charge is 2.23. The van der Waals surface area contributed by atoms with Crippen LogP contribution in [-0.4, -0.2) is 64.7 Å². The second-order valence-electron chi connectivity index (χ2n) is 6.54. The van der Waals surface area contributed by atoms with E-state index < -0.39 is 10.0 Å². The van der Waals surface area contributed by atoms with E-state index in [9.17, 15) is 13.2 Å². The molecule has 2 rings (SSSR count). The molecule has 0 aliphatic carbocycles. The van der Waals surface area contributed by atoms with Crippen LogP contribution in [0.25, 0.3) is 0 Å².